The molecule has 0 unspecified atom stereocenters. The van der Waals surface area contributed by atoms with E-state index in [9.17, 15) is 4.79 Å². The summed E-state index contributed by atoms with van der Waals surface area (Å²) in [6.07, 6.45) is 3.48. The largest absolute Gasteiger partial charge is 0.326 e. The number of nitrogens with one attached hydrogen (secondary N) is 2. The molecule has 1 aliphatic rings. The zero-order valence-corrected chi connectivity index (χ0v) is 9.18. The van der Waals surface area contributed by atoms with Crippen molar-refractivity contribution < 1.29 is 4.79 Å². The minimum atomic E-state index is 0.111. The molecular weight excluding hydrogens is 216 g/mol. The molecule has 1 fully saturated rings. The Labute approximate surface area is 98.3 Å². The van der Waals surface area contributed by atoms with Crippen molar-refractivity contribution in [1.82, 2.24) is 15.2 Å². The van der Waals surface area contributed by atoms with Crippen LogP contribution in [0.25, 0.3) is 11.4 Å². The lowest BCUT2D eigenvalue weighted by molar-refractivity contribution is -0.117. The number of aromatic amines is 1. The van der Waals surface area contributed by atoms with Crippen LogP contribution in [0.5, 0.6) is 0 Å². The van der Waals surface area contributed by atoms with E-state index in [0.29, 0.717) is 5.82 Å². The van der Waals surface area contributed by atoms with Gasteiger partial charge in [0.2, 0.25) is 5.91 Å². The number of hydrogen-bond acceptors (Lipinski definition) is 3. The Kier molecular flexibility index (Phi) is 2.36. The average Bonchev–Trinajstić information content (AvgIpc) is 3.05. The van der Waals surface area contributed by atoms with E-state index < -0.39 is 0 Å². The zero-order valence-electron chi connectivity index (χ0n) is 9.18. The third-order valence-electron chi connectivity index (χ3n) is 2.77. The first-order valence-electron chi connectivity index (χ1n) is 5.59. The van der Waals surface area contributed by atoms with Crippen molar-refractivity contribution in [3.63, 3.8) is 0 Å². The molecule has 1 aliphatic carbocycles. The van der Waals surface area contributed by atoms with Crippen molar-refractivity contribution in [2.24, 2.45) is 5.92 Å². The number of carbonyl (C=O) groups excluding carboxylic acids is 1. The number of carbonyl (C=O) groups is 1. The van der Waals surface area contributed by atoms with Gasteiger partial charge >= 0.3 is 0 Å². The maximum Gasteiger partial charge on any atom is 0.227 e. The van der Waals surface area contributed by atoms with Gasteiger partial charge in [-0.2, -0.15) is 5.10 Å². The molecule has 0 bridgehead atoms. The Hall–Kier alpha value is -2.17. The number of aromatic nitrogens is 3. The topological polar surface area (TPSA) is 70.7 Å². The molecule has 0 atom stereocenters. The molecule has 17 heavy (non-hydrogen) atoms. The summed E-state index contributed by atoms with van der Waals surface area (Å²) in [7, 11) is 0. The van der Waals surface area contributed by atoms with Crippen LogP contribution in [0.1, 0.15) is 12.8 Å². The summed E-state index contributed by atoms with van der Waals surface area (Å²) in [5, 5.41) is 9.50. The quantitative estimate of drug-likeness (QED) is 0.841. The molecule has 5 nitrogen and oxygen atoms in total. The highest BCUT2D eigenvalue weighted by Crippen LogP contribution is 2.30. The van der Waals surface area contributed by atoms with Gasteiger partial charge in [0, 0.05) is 17.2 Å². The Morgan fingerprint density at radius 1 is 1.41 bits per heavy atom. The molecule has 2 N–H and O–H groups in total. The predicted octanol–water partition coefficient (Wildman–Crippen LogP) is 1.82. The summed E-state index contributed by atoms with van der Waals surface area (Å²) < 4.78 is 0. The molecule has 1 aromatic heterocycles. The van der Waals surface area contributed by atoms with Gasteiger partial charge in [-0.05, 0) is 25.0 Å². The molecule has 1 amide bonds. The summed E-state index contributed by atoms with van der Waals surface area (Å²) in [6, 6.07) is 7.58. The highest BCUT2D eigenvalue weighted by Gasteiger charge is 2.29. The lowest BCUT2D eigenvalue weighted by atomic mass is 10.2. The first-order chi connectivity index (χ1) is 8.33. The van der Waals surface area contributed by atoms with E-state index in [1.54, 1.807) is 0 Å². The molecule has 0 aliphatic heterocycles. The van der Waals surface area contributed by atoms with E-state index in [0.717, 1.165) is 24.1 Å². The van der Waals surface area contributed by atoms with Crippen LogP contribution in [-0.4, -0.2) is 21.1 Å². The average molecular weight is 228 g/mol. The number of H-pyrrole nitrogens is 1. The highest BCUT2D eigenvalue weighted by molar-refractivity contribution is 5.94. The van der Waals surface area contributed by atoms with Crippen LogP contribution < -0.4 is 5.32 Å². The number of rotatable bonds is 3. The fourth-order valence-corrected chi connectivity index (χ4v) is 1.68. The van der Waals surface area contributed by atoms with Crippen LogP contribution in [0.15, 0.2) is 30.6 Å². The van der Waals surface area contributed by atoms with Gasteiger partial charge in [0.1, 0.15) is 6.33 Å². The molecule has 5 heteroatoms. The monoisotopic (exact) mass is 228 g/mol. The van der Waals surface area contributed by atoms with E-state index in [4.69, 9.17) is 0 Å². The smallest absolute Gasteiger partial charge is 0.227 e. The first-order valence-corrected chi connectivity index (χ1v) is 5.59. The lowest BCUT2D eigenvalue weighted by Gasteiger charge is -2.05. The second kappa shape index (κ2) is 4.01. The van der Waals surface area contributed by atoms with Crippen LogP contribution >= 0.6 is 0 Å². The fraction of sp³-hybridized carbons (Fsp3) is 0.250. The number of hydrogen-bond donors (Lipinski definition) is 2. The van der Waals surface area contributed by atoms with Crippen LogP contribution in [0.3, 0.4) is 0 Å². The van der Waals surface area contributed by atoms with Gasteiger partial charge in [-0.1, -0.05) is 12.1 Å². The van der Waals surface area contributed by atoms with Gasteiger partial charge in [-0.3, -0.25) is 9.89 Å². The van der Waals surface area contributed by atoms with Crippen LogP contribution in [-0.2, 0) is 4.79 Å². The second-order valence-corrected chi connectivity index (χ2v) is 4.18. The minimum Gasteiger partial charge on any atom is -0.326 e. The number of anilines is 1. The first kappa shape index (κ1) is 10.0. The van der Waals surface area contributed by atoms with Crippen LogP contribution in [0, 0.1) is 5.92 Å². The Balaban J connectivity index is 1.81. The zero-order chi connectivity index (χ0) is 11.7. The molecule has 3 rings (SSSR count). The van der Waals surface area contributed by atoms with Crippen molar-refractivity contribution >= 4 is 11.6 Å². The van der Waals surface area contributed by atoms with Gasteiger partial charge in [0.15, 0.2) is 5.82 Å². The van der Waals surface area contributed by atoms with Gasteiger partial charge in [0.05, 0.1) is 0 Å². The molecule has 86 valence electrons. The van der Waals surface area contributed by atoms with Crippen molar-refractivity contribution in [1.29, 1.82) is 0 Å². The maximum atomic E-state index is 11.6. The fourth-order valence-electron chi connectivity index (χ4n) is 1.68. The van der Waals surface area contributed by atoms with Gasteiger partial charge in [-0.15, -0.1) is 0 Å². The summed E-state index contributed by atoms with van der Waals surface area (Å²) in [6.45, 7) is 0. The third kappa shape index (κ3) is 2.18. The molecule has 0 saturated heterocycles. The molecule has 1 heterocycles. The summed E-state index contributed by atoms with van der Waals surface area (Å²) in [5.74, 6) is 1.02. The van der Waals surface area contributed by atoms with Gasteiger partial charge in [-0.25, -0.2) is 4.98 Å². The SMILES string of the molecule is O=C(Nc1cccc(-c2ncn[nH]2)c1)C1CC1. The van der Waals surface area contributed by atoms with E-state index in [-0.39, 0.29) is 11.8 Å². The third-order valence-corrected chi connectivity index (χ3v) is 2.77. The second-order valence-electron chi connectivity index (χ2n) is 4.18. The van der Waals surface area contributed by atoms with Crippen LogP contribution in [0.2, 0.25) is 0 Å². The Bertz CT molecular complexity index is 531. The number of nitrogens with zero attached hydrogens (tertiary/aromatic N) is 2. The van der Waals surface area contributed by atoms with E-state index >= 15 is 0 Å². The molecule has 2 aromatic rings. The summed E-state index contributed by atoms with van der Waals surface area (Å²) >= 11 is 0. The normalized spacial score (nSPS) is 14.6. The highest BCUT2D eigenvalue weighted by atomic mass is 16.2. The van der Waals surface area contributed by atoms with E-state index in [2.05, 4.69) is 20.5 Å². The van der Waals surface area contributed by atoms with E-state index in [1.807, 2.05) is 24.3 Å². The van der Waals surface area contributed by atoms with Crippen molar-refractivity contribution in [3.05, 3.63) is 30.6 Å². The number of benzene rings is 1. The van der Waals surface area contributed by atoms with E-state index in [1.165, 1.54) is 6.33 Å². The van der Waals surface area contributed by atoms with Crippen molar-refractivity contribution in [2.75, 3.05) is 5.32 Å². The lowest BCUT2D eigenvalue weighted by Crippen LogP contribution is -2.13. The van der Waals surface area contributed by atoms with Gasteiger partial charge in [0.25, 0.3) is 0 Å². The standard InChI is InChI=1S/C12H12N4O/c17-12(8-4-5-8)15-10-3-1-2-9(6-10)11-13-7-14-16-11/h1-3,6-8H,4-5H2,(H,15,17)(H,13,14,16). The van der Waals surface area contributed by atoms with Crippen molar-refractivity contribution in [3.8, 4) is 11.4 Å². The minimum absolute atomic E-state index is 0.111. The van der Waals surface area contributed by atoms with Crippen molar-refractivity contribution in [2.45, 2.75) is 12.8 Å². The molecule has 0 spiro atoms. The predicted molar refractivity (Wildman–Crippen MR) is 63.2 cm³/mol. The maximum absolute atomic E-state index is 11.6. The van der Waals surface area contributed by atoms with Crippen LogP contribution in [0.4, 0.5) is 5.69 Å². The molecule has 1 aromatic carbocycles. The Morgan fingerprint density at radius 3 is 3.00 bits per heavy atom. The molecular formula is C12H12N4O. The number of amides is 1. The molecule has 0 radical (unpaired) electrons. The van der Waals surface area contributed by atoms with Gasteiger partial charge < -0.3 is 5.32 Å². The Morgan fingerprint density at radius 2 is 2.29 bits per heavy atom. The summed E-state index contributed by atoms with van der Waals surface area (Å²) in [5.41, 5.74) is 1.71. The molecule has 1 saturated carbocycles. The summed E-state index contributed by atoms with van der Waals surface area (Å²) in [4.78, 5) is 15.7.